The first kappa shape index (κ1) is 13.0. The molecule has 0 unspecified atom stereocenters. The van der Waals surface area contributed by atoms with Gasteiger partial charge >= 0.3 is 0 Å². The van der Waals surface area contributed by atoms with E-state index in [4.69, 9.17) is 0 Å². The van der Waals surface area contributed by atoms with Gasteiger partial charge in [-0.25, -0.2) is 4.98 Å². The second-order valence-electron chi connectivity index (χ2n) is 4.56. The first-order valence-electron chi connectivity index (χ1n) is 6.20. The summed E-state index contributed by atoms with van der Waals surface area (Å²) in [6.07, 6.45) is 1.19. The van der Waals surface area contributed by atoms with Crippen LogP contribution >= 0.6 is 0 Å². The molecule has 2 rings (SSSR count). The van der Waals surface area contributed by atoms with E-state index in [1.807, 2.05) is 6.92 Å². The third kappa shape index (κ3) is 2.51. The van der Waals surface area contributed by atoms with Crippen LogP contribution in [0, 0.1) is 0 Å². The summed E-state index contributed by atoms with van der Waals surface area (Å²) in [6, 6.07) is -0.217. The predicted octanol–water partition coefficient (Wildman–Crippen LogP) is -0.838. The number of carbonyl (C=O) groups excluding carboxylic acids is 1. The van der Waals surface area contributed by atoms with E-state index in [1.165, 1.54) is 4.90 Å². The maximum Gasteiger partial charge on any atom is 0.293 e. The number of hydrogen-bond acceptors (Lipinski definition) is 5. The largest absolute Gasteiger partial charge is 0.390 e. The second kappa shape index (κ2) is 5.45. The maximum absolute atomic E-state index is 12.1. The van der Waals surface area contributed by atoms with Crippen molar-refractivity contribution in [3.8, 4) is 0 Å². The van der Waals surface area contributed by atoms with Crippen LogP contribution in [0.5, 0.6) is 0 Å². The van der Waals surface area contributed by atoms with Gasteiger partial charge in [0.05, 0.1) is 12.1 Å². The van der Waals surface area contributed by atoms with Gasteiger partial charge in [-0.05, 0) is 6.42 Å². The van der Waals surface area contributed by atoms with Gasteiger partial charge in [-0.15, -0.1) is 5.10 Å². The number of nitrogens with one attached hydrogen (secondary N) is 2. The van der Waals surface area contributed by atoms with Crippen LogP contribution in [0.1, 0.15) is 29.8 Å². The van der Waals surface area contributed by atoms with Gasteiger partial charge in [-0.2, -0.15) is 0 Å². The Balaban J connectivity index is 2.05. The first-order chi connectivity index (χ1) is 8.63. The average Bonchev–Trinajstić information content (AvgIpc) is 2.97. The Bertz CT molecular complexity index is 419. The van der Waals surface area contributed by atoms with Crippen LogP contribution in [0.3, 0.4) is 0 Å². The highest BCUT2D eigenvalue weighted by Gasteiger charge is 2.32. The standard InChI is InChI=1S/C11H19N5O2/c1-3-4-9-13-10(15-14-9)11(18)16(2)7-5-12-6-8(7)17/h7-8,12,17H,3-6H2,1-2H3,(H,13,14,15)/t7-,8-/m1/s1. The lowest BCUT2D eigenvalue weighted by Crippen LogP contribution is -2.44. The van der Waals surface area contributed by atoms with E-state index >= 15 is 0 Å². The molecular weight excluding hydrogens is 234 g/mol. The van der Waals surface area contributed by atoms with Crippen molar-refractivity contribution in [1.82, 2.24) is 25.4 Å². The highest BCUT2D eigenvalue weighted by atomic mass is 16.3. The van der Waals surface area contributed by atoms with Crippen molar-refractivity contribution in [2.75, 3.05) is 20.1 Å². The molecule has 0 saturated carbocycles. The summed E-state index contributed by atoms with van der Waals surface area (Å²) in [5.74, 6) is 0.626. The molecule has 1 amide bonds. The molecule has 3 N–H and O–H groups in total. The molecule has 0 radical (unpaired) electrons. The molecule has 2 heterocycles. The molecule has 1 saturated heterocycles. The fraction of sp³-hybridized carbons (Fsp3) is 0.727. The lowest BCUT2D eigenvalue weighted by Gasteiger charge is -2.25. The van der Waals surface area contributed by atoms with E-state index in [1.54, 1.807) is 7.05 Å². The zero-order valence-corrected chi connectivity index (χ0v) is 10.7. The number of aromatic amines is 1. The van der Waals surface area contributed by atoms with E-state index in [0.717, 1.165) is 18.7 Å². The Kier molecular flexibility index (Phi) is 3.93. The molecule has 1 aromatic rings. The van der Waals surface area contributed by atoms with Gasteiger partial charge in [-0.1, -0.05) is 6.92 Å². The number of aryl methyl sites for hydroxylation is 1. The van der Waals surface area contributed by atoms with Crippen LogP contribution in [0.15, 0.2) is 0 Å². The van der Waals surface area contributed by atoms with Crippen molar-refractivity contribution >= 4 is 5.91 Å². The number of nitrogens with zero attached hydrogens (tertiary/aromatic N) is 3. The summed E-state index contributed by atoms with van der Waals surface area (Å²) in [5.41, 5.74) is 0. The number of rotatable bonds is 4. The Morgan fingerprint density at radius 2 is 2.33 bits per heavy atom. The Hall–Kier alpha value is -1.47. The molecule has 1 fully saturated rings. The highest BCUT2D eigenvalue weighted by molar-refractivity contribution is 5.90. The number of amides is 1. The smallest absolute Gasteiger partial charge is 0.293 e. The number of aliphatic hydroxyl groups excluding tert-OH is 1. The van der Waals surface area contributed by atoms with Crippen molar-refractivity contribution in [2.45, 2.75) is 31.9 Å². The van der Waals surface area contributed by atoms with Gasteiger partial charge in [0.25, 0.3) is 5.91 Å². The van der Waals surface area contributed by atoms with Crippen LogP contribution in [-0.2, 0) is 6.42 Å². The number of hydrogen-bond donors (Lipinski definition) is 3. The lowest BCUT2D eigenvalue weighted by molar-refractivity contribution is 0.0570. The van der Waals surface area contributed by atoms with Crippen LogP contribution in [0.2, 0.25) is 0 Å². The minimum absolute atomic E-state index is 0.167. The van der Waals surface area contributed by atoms with Gasteiger partial charge in [0.2, 0.25) is 5.82 Å². The van der Waals surface area contributed by atoms with Crippen molar-refractivity contribution in [2.24, 2.45) is 0 Å². The van der Waals surface area contributed by atoms with Gasteiger partial charge in [0.1, 0.15) is 5.82 Å². The second-order valence-corrected chi connectivity index (χ2v) is 4.56. The summed E-state index contributed by atoms with van der Waals surface area (Å²) in [4.78, 5) is 17.8. The molecule has 7 nitrogen and oxygen atoms in total. The van der Waals surface area contributed by atoms with Crippen molar-refractivity contribution < 1.29 is 9.90 Å². The summed E-state index contributed by atoms with van der Waals surface area (Å²) in [6.45, 7) is 3.14. The molecule has 0 spiro atoms. The van der Waals surface area contributed by atoms with E-state index in [9.17, 15) is 9.90 Å². The molecule has 2 atom stereocenters. The fourth-order valence-electron chi connectivity index (χ4n) is 2.09. The number of β-amino-alcohol motifs (C(OH)–C–C–N with tert-alkyl or cyclic N) is 1. The van der Waals surface area contributed by atoms with Gasteiger partial charge in [-0.3, -0.25) is 9.89 Å². The Labute approximate surface area is 106 Å². The normalized spacial score (nSPS) is 23.3. The van der Waals surface area contributed by atoms with Gasteiger partial charge < -0.3 is 15.3 Å². The van der Waals surface area contributed by atoms with Crippen LogP contribution in [0.4, 0.5) is 0 Å². The van der Waals surface area contributed by atoms with Crippen LogP contribution < -0.4 is 5.32 Å². The van der Waals surface area contributed by atoms with E-state index < -0.39 is 6.10 Å². The molecule has 1 aliphatic rings. The molecule has 1 aromatic heterocycles. The van der Waals surface area contributed by atoms with Crippen molar-refractivity contribution in [1.29, 1.82) is 0 Å². The molecule has 7 heteroatoms. The van der Waals surface area contributed by atoms with Gasteiger partial charge in [0.15, 0.2) is 0 Å². The van der Waals surface area contributed by atoms with E-state index in [-0.39, 0.29) is 17.8 Å². The summed E-state index contributed by atoms with van der Waals surface area (Å²) < 4.78 is 0. The van der Waals surface area contributed by atoms with Crippen molar-refractivity contribution in [3.05, 3.63) is 11.6 Å². The molecule has 0 bridgehead atoms. The molecule has 1 aliphatic heterocycles. The maximum atomic E-state index is 12.1. The number of aromatic nitrogens is 3. The molecule has 18 heavy (non-hydrogen) atoms. The number of likely N-dealkylation sites (N-methyl/N-ethyl adjacent to an activating group) is 1. The highest BCUT2D eigenvalue weighted by Crippen LogP contribution is 2.10. The lowest BCUT2D eigenvalue weighted by atomic mass is 10.2. The number of H-pyrrole nitrogens is 1. The summed E-state index contributed by atoms with van der Waals surface area (Å²) >= 11 is 0. The number of carbonyl (C=O) groups is 1. The summed E-state index contributed by atoms with van der Waals surface area (Å²) in [5, 5.41) is 19.5. The quantitative estimate of drug-likeness (QED) is 0.650. The Morgan fingerprint density at radius 1 is 1.56 bits per heavy atom. The van der Waals surface area contributed by atoms with Gasteiger partial charge in [0, 0.05) is 26.6 Å². The average molecular weight is 253 g/mol. The fourth-order valence-corrected chi connectivity index (χ4v) is 2.09. The Morgan fingerprint density at radius 3 is 2.94 bits per heavy atom. The zero-order chi connectivity index (χ0) is 13.1. The number of aliphatic hydroxyl groups is 1. The van der Waals surface area contributed by atoms with E-state index in [0.29, 0.717) is 13.1 Å². The van der Waals surface area contributed by atoms with Crippen LogP contribution in [0.25, 0.3) is 0 Å². The van der Waals surface area contributed by atoms with Crippen LogP contribution in [-0.4, -0.2) is 63.4 Å². The molecular formula is C11H19N5O2. The monoisotopic (exact) mass is 253 g/mol. The molecule has 0 aromatic carbocycles. The minimum atomic E-state index is -0.534. The third-order valence-corrected chi connectivity index (χ3v) is 3.18. The topological polar surface area (TPSA) is 94.1 Å². The van der Waals surface area contributed by atoms with Crippen molar-refractivity contribution in [3.63, 3.8) is 0 Å². The molecule has 0 aliphatic carbocycles. The third-order valence-electron chi connectivity index (χ3n) is 3.18. The SMILES string of the molecule is CCCc1nc(C(=O)N(C)[C@@H]2CNC[C@H]2O)n[nH]1. The first-order valence-corrected chi connectivity index (χ1v) is 6.20. The van der Waals surface area contributed by atoms with E-state index in [2.05, 4.69) is 20.5 Å². The summed E-state index contributed by atoms with van der Waals surface area (Å²) in [7, 11) is 1.67. The minimum Gasteiger partial charge on any atom is -0.390 e. The predicted molar refractivity (Wildman–Crippen MR) is 65.1 cm³/mol. The zero-order valence-electron chi connectivity index (χ0n) is 10.7. The molecule has 100 valence electrons.